The van der Waals surface area contributed by atoms with E-state index in [1.165, 1.54) is 0 Å². The van der Waals surface area contributed by atoms with Gasteiger partial charge in [-0.2, -0.15) is 4.31 Å². The van der Waals surface area contributed by atoms with Crippen LogP contribution in [0, 0.1) is 22.7 Å². The monoisotopic (exact) mass is 464 g/mol. The van der Waals surface area contributed by atoms with Crippen LogP contribution in [0.25, 0.3) is 0 Å². The van der Waals surface area contributed by atoms with E-state index in [4.69, 9.17) is 0 Å². The zero-order valence-electron chi connectivity index (χ0n) is 19.1. The van der Waals surface area contributed by atoms with Crippen molar-refractivity contribution in [2.24, 2.45) is 17.8 Å². The summed E-state index contributed by atoms with van der Waals surface area (Å²) in [6.07, 6.45) is 3.37. The molecule has 176 valence electrons. The Bertz CT molecular complexity index is 955. The summed E-state index contributed by atoms with van der Waals surface area (Å²) in [6.45, 7) is 1.92. The van der Waals surface area contributed by atoms with Crippen molar-refractivity contribution in [3.05, 3.63) is 29.2 Å². The van der Waals surface area contributed by atoms with E-state index in [0.717, 1.165) is 36.2 Å². The van der Waals surface area contributed by atoms with Crippen LogP contribution < -0.4 is 10.2 Å². The van der Waals surface area contributed by atoms with Crippen LogP contribution in [0.5, 0.6) is 0 Å². The van der Waals surface area contributed by atoms with Gasteiger partial charge in [-0.3, -0.25) is 4.79 Å². The molecule has 1 N–H and O–H groups in total. The number of amides is 1. The number of nitroso groups, excluding NO2 is 1. The lowest BCUT2D eigenvalue weighted by Crippen LogP contribution is -2.48. The first-order chi connectivity index (χ1) is 15.2. The molecule has 0 radical (unpaired) electrons. The molecule has 32 heavy (non-hydrogen) atoms. The molecule has 3 heterocycles. The lowest BCUT2D eigenvalue weighted by Gasteiger charge is -2.39. The normalized spacial score (nSPS) is 27.3. The van der Waals surface area contributed by atoms with Gasteiger partial charge in [-0.1, -0.05) is 0 Å². The predicted molar refractivity (Wildman–Crippen MR) is 122 cm³/mol. The second-order valence-corrected chi connectivity index (χ2v) is 11.3. The second-order valence-electron chi connectivity index (χ2n) is 9.40. The third-order valence-corrected chi connectivity index (χ3v) is 9.41. The number of benzene rings is 1. The van der Waals surface area contributed by atoms with E-state index in [0.29, 0.717) is 36.4 Å². The number of hydrogen-bond acceptors (Lipinski definition) is 5. The van der Waals surface area contributed by atoms with E-state index in [9.17, 15) is 18.1 Å². The van der Waals surface area contributed by atoms with Gasteiger partial charge in [-0.05, 0) is 61.8 Å². The minimum absolute atomic E-state index is 0.0526. The largest absolute Gasteiger partial charge is 0.378 e. The van der Waals surface area contributed by atoms with E-state index < -0.39 is 10.0 Å². The molecular formula is C22H34N5O4S+. The Balaban J connectivity index is 1.38. The van der Waals surface area contributed by atoms with Crippen molar-refractivity contribution in [2.45, 2.75) is 36.6 Å². The van der Waals surface area contributed by atoms with Crippen molar-refractivity contribution >= 4 is 21.6 Å². The number of carbonyl (C=O) groups excluding carboxylic acids is 1. The molecule has 3 aliphatic heterocycles. The number of carbonyl (C=O) groups is 1. The minimum Gasteiger partial charge on any atom is -0.378 e. The standard InChI is InChI=1S/C22H33N5O4S/c1-23-22(28)20-15-27(29)26-13-10-17(14-21(20)26)16-8-11-25(12-9-16)32(30,31)19-6-4-18(5-7-19)24(2)3/h4-7,16-17,20-21H,8-15H2,1-3H3/p+1. The minimum atomic E-state index is -3.50. The first kappa shape index (κ1) is 23.0. The van der Waals surface area contributed by atoms with Crippen LogP contribution in [0.3, 0.4) is 0 Å². The Labute approximate surface area is 190 Å². The summed E-state index contributed by atoms with van der Waals surface area (Å²) in [7, 11) is 1.97. The first-order valence-corrected chi connectivity index (χ1v) is 12.9. The Morgan fingerprint density at radius 1 is 1.06 bits per heavy atom. The number of anilines is 1. The van der Waals surface area contributed by atoms with Crippen molar-refractivity contribution in [1.82, 2.24) is 14.6 Å². The predicted octanol–water partition coefficient (Wildman–Crippen LogP) is 1.30. The van der Waals surface area contributed by atoms with E-state index in [1.807, 2.05) is 36.1 Å². The van der Waals surface area contributed by atoms with Crippen molar-refractivity contribution in [1.29, 1.82) is 0 Å². The van der Waals surface area contributed by atoms with Gasteiger partial charge < -0.3 is 10.2 Å². The summed E-state index contributed by atoms with van der Waals surface area (Å²) in [5.74, 6) is 0.469. The fourth-order valence-electron chi connectivity index (χ4n) is 5.58. The molecule has 3 aliphatic rings. The maximum absolute atomic E-state index is 13.1. The third-order valence-electron chi connectivity index (χ3n) is 7.50. The van der Waals surface area contributed by atoms with Crippen LogP contribution >= 0.6 is 0 Å². The molecule has 9 nitrogen and oxygen atoms in total. The van der Waals surface area contributed by atoms with E-state index >= 15 is 0 Å². The van der Waals surface area contributed by atoms with Gasteiger partial charge in [0, 0.05) is 39.9 Å². The summed E-state index contributed by atoms with van der Waals surface area (Å²) < 4.78 is 27.8. The van der Waals surface area contributed by atoms with Crippen molar-refractivity contribution in [3.8, 4) is 0 Å². The fourth-order valence-corrected chi connectivity index (χ4v) is 7.05. The SMILES string of the molecule is CNC(=O)C1C[N+](=O)N2CCC(C3CCN(S(=O)(=O)c4ccc(N(C)C)cc4)CC3)CC12. The molecule has 0 aliphatic carbocycles. The van der Waals surface area contributed by atoms with Gasteiger partial charge in [-0.15, -0.1) is 5.01 Å². The molecule has 3 unspecified atom stereocenters. The van der Waals surface area contributed by atoms with Gasteiger partial charge in [0.1, 0.15) is 16.8 Å². The molecule has 3 fully saturated rings. The Morgan fingerprint density at radius 2 is 1.69 bits per heavy atom. The van der Waals surface area contributed by atoms with Gasteiger partial charge in [0.15, 0.2) is 0 Å². The van der Waals surface area contributed by atoms with Crippen molar-refractivity contribution in [2.75, 3.05) is 52.2 Å². The summed E-state index contributed by atoms with van der Waals surface area (Å²) in [6, 6.07) is 6.97. The molecule has 4 rings (SSSR count). The first-order valence-electron chi connectivity index (χ1n) is 11.4. The molecule has 10 heteroatoms. The summed E-state index contributed by atoms with van der Waals surface area (Å²) >= 11 is 0. The van der Waals surface area contributed by atoms with Crippen LogP contribution in [-0.4, -0.2) is 81.9 Å². The van der Waals surface area contributed by atoms with Crippen LogP contribution in [0.4, 0.5) is 5.69 Å². The molecule has 0 aromatic heterocycles. The fraction of sp³-hybridized carbons (Fsp3) is 0.682. The molecule has 3 atom stereocenters. The summed E-state index contributed by atoms with van der Waals surface area (Å²) in [5, 5.41) is 4.51. The van der Waals surface area contributed by atoms with E-state index in [2.05, 4.69) is 5.32 Å². The average Bonchev–Trinajstić information content (AvgIpc) is 3.14. The van der Waals surface area contributed by atoms with Gasteiger partial charge in [-0.25, -0.2) is 8.42 Å². The lowest BCUT2D eigenvalue weighted by atomic mass is 9.75. The number of piperidine rings is 2. The number of hydrogen-bond donors (Lipinski definition) is 1. The molecule has 0 spiro atoms. The van der Waals surface area contributed by atoms with Crippen LogP contribution in [0.2, 0.25) is 0 Å². The number of nitrogens with one attached hydrogen (secondary N) is 1. The van der Waals surface area contributed by atoms with Gasteiger partial charge in [0.05, 0.1) is 16.3 Å². The van der Waals surface area contributed by atoms with Gasteiger partial charge in [0.25, 0.3) is 0 Å². The number of nitrogens with zero attached hydrogens (tertiary/aromatic N) is 4. The topological polar surface area (TPSA) is 93.0 Å². The highest BCUT2D eigenvalue weighted by molar-refractivity contribution is 7.89. The van der Waals surface area contributed by atoms with Gasteiger partial charge >= 0.3 is 0 Å². The maximum atomic E-state index is 13.1. The zero-order valence-corrected chi connectivity index (χ0v) is 19.9. The van der Waals surface area contributed by atoms with Crippen LogP contribution in [0.15, 0.2) is 29.2 Å². The molecule has 3 saturated heterocycles. The highest BCUT2D eigenvalue weighted by Crippen LogP contribution is 2.40. The second kappa shape index (κ2) is 8.97. The molecule has 1 amide bonds. The highest BCUT2D eigenvalue weighted by atomic mass is 32.2. The number of rotatable bonds is 5. The summed E-state index contributed by atoms with van der Waals surface area (Å²) in [4.78, 5) is 27.8. The van der Waals surface area contributed by atoms with Crippen molar-refractivity contribution < 1.29 is 18.1 Å². The van der Waals surface area contributed by atoms with Crippen LogP contribution in [-0.2, 0) is 14.8 Å². The Kier molecular flexibility index (Phi) is 6.44. The maximum Gasteiger partial charge on any atom is 0.243 e. The number of sulfonamides is 1. The average molecular weight is 465 g/mol. The van der Waals surface area contributed by atoms with Crippen LogP contribution in [0.1, 0.15) is 25.7 Å². The molecule has 0 saturated carbocycles. The summed E-state index contributed by atoms with van der Waals surface area (Å²) in [5.41, 5.74) is 0.965. The molecule has 1 aromatic rings. The van der Waals surface area contributed by atoms with Crippen molar-refractivity contribution in [3.63, 3.8) is 0 Å². The quantitative estimate of drug-likeness (QED) is 0.661. The Morgan fingerprint density at radius 3 is 2.28 bits per heavy atom. The molecule has 1 aromatic carbocycles. The molecular weight excluding hydrogens is 430 g/mol. The zero-order chi connectivity index (χ0) is 23.0. The smallest absolute Gasteiger partial charge is 0.243 e. The van der Waals surface area contributed by atoms with E-state index in [1.54, 1.807) is 23.5 Å². The Hall–Kier alpha value is -2.20. The number of fused-ring (bicyclic) bond motifs is 1. The lowest BCUT2D eigenvalue weighted by molar-refractivity contribution is -0.692. The van der Waals surface area contributed by atoms with E-state index in [-0.39, 0.29) is 24.4 Å². The highest BCUT2D eigenvalue weighted by Gasteiger charge is 2.53. The molecule has 0 bridgehead atoms. The van der Waals surface area contributed by atoms with Gasteiger partial charge in [0.2, 0.25) is 22.5 Å². The third kappa shape index (κ3) is 4.22. The number of hydrazine groups is 1.